The number of fused-ring (bicyclic) bond motifs is 3. The van der Waals surface area contributed by atoms with Crippen molar-refractivity contribution in [2.24, 2.45) is 0 Å². The summed E-state index contributed by atoms with van der Waals surface area (Å²) in [5.41, 5.74) is 3.85. The van der Waals surface area contributed by atoms with Gasteiger partial charge in [0.2, 0.25) is 11.6 Å². The van der Waals surface area contributed by atoms with Gasteiger partial charge in [-0.3, -0.25) is 9.59 Å². The summed E-state index contributed by atoms with van der Waals surface area (Å²) in [4.78, 5) is 24.3. The van der Waals surface area contributed by atoms with E-state index >= 15 is 0 Å². The van der Waals surface area contributed by atoms with Crippen molar-refractivity contribution < 1.29 is 9.59 Å². The molecule has 3 radical (unpaired) electrons. The smallest absolute Gasteiger partial charge is 0.234 e. The van der Waals surface area contributed by atoms with Crippen LogP contribution in [0.15, 0.2) is 36.4 Å². The molecule has 0 atom stereocenters. The Morgan fingerprint density at radius 2 is 1.42 bits per heavy atom. The maximum absolute atomic E-state index is 12.2. The van der Waals surface area contributed by atoms with Gasteiger partial charge in [0.25, 0.3) is 0 Å². The summed E-state index contributed by atoms with van der Waals surface area (Å²) in [7, 11) is 7.59. The monoisotopic (exact) mass is 243 g/mol. The number of rotatable bonds is 1. The summed E-state index contributed by atoms with van der Waals surface area (Å²) < 4.78 is 0. The fourth-order valence-corrected chi connectivity index (χ4v) is 2.39. The van der Waals surface area contributed by atoms with Gasteiger partial charge in [0.05, 0.1) is 0 Å². The molecule has 0 bridgehead atoms. The minimum Gasteiger partial charge on any atom is -0.285 e. The van der Waals surface area contributed by atoms with Crippen molar-refractivity contribution in [3.8, 4) is 11.1 Å². The zero-order chi connectivity index (χ0) is 13.6. The summed E-state index contributed by atoms with van der Waals surface area (Å²) >= 11 is 0. The Kier molecular flexibility index (Phi) is 2.67. The van der Waals surface area contributed by atoms with Gasteiger partial charge in [-0.2, -0.15) is 0 Å². The second kappa shape index (κ2) is 4.23. The van der Waals surface area contributed by atoms with Crippen LogP contribution in [0.2, 0.25) is 6.82 Å². The first-order valence-electron chi connectivity index (χ1n) is 6.04. The molecule has 0 aromatic heterocycles. The molecule has 2 aromatic carbocycles. The van der Waals surface area contributed by atoms with E-state index in [1.165, 1.54) is 0 Å². The molecule has 0 heterocycles. The molecule has 0 aliphatic heterocycles. The lowest BCUT2D eigenvalue weighted by molar-refractivity contribution is 0.0815. The summed E-state index contributed by atoms with van der Waals surface area (Å²) in [6, 6.07) is 10.7. The highest BCUT2D eigenvalue weighted by Crippen LogP contribution is 2.32. The van der Waals surface area contributed by atoms with Crippen molar-refractivity contribution in [3.63, 3.8) is 0 Å². The van der Waals surface area contributed by atoms with Gasteiger partial charge in [-0.05, 0) is 11.1 Å². The van der Waals surface area contributed by atoms with Crippen molar-refractivity contribution in [3.05, 3.63) is 47.5 Å². The second-order valence-corrected chi connectivity index (χ2v) is 4.56. The lowest BCUT2D eigenvalue weighted by atomic mass is 9.70. The van der Waals surface area contributed by atoms with Crippen LogP contribution in [-0.4, -0.2) is 26.7 Å². The number of hydrogen-bond donors (Lipinski definition) is 0. The van der Waals surface area contributed by atoms with Crippen molar-refractivity contribution in [1.82, 2.24) is 0 Å². The molecule has 0 N–H and O–H groups in total. The third-order valence-corrected chi connectivity index (χ3v) is 3.41. The average Bonchev–Trinajstić information content (AvgIpc) is 2.44. The highest BCUT2D eigenvalue weighted by Gasteiger charge is 2.30. The molecule has 4 heteroatoms. The average molecular weight is 243 g/mol. The molecule has 19 heavy (non-hydrogen) atoms. The topological polar surface area (TPSA) is 34.1 Å². The van der Waals surface area contributed by atoms with Crippen LogP contribution in [0, 0.1) is 0 Å². The normalized spacial score (nSPS) is 12.9. The number of Topliss-reactive ketones (excluding diaryl/α,β-unsaturated/α-hetero) is 2. The van der Waals surface area contributed by atoms with E-state index < -0.39 is 11.6 Å². The van der Waals surface area contributed by atoms with Crippen molar-refractivity contribution in [2.75, 3.05) is 0 Å². The first-order chi connectivity index (χ1) is 9.11. The first kappa shape index (κ1) is 12.0. The third kappa shape index (κ3) is 1.75. The largest absolute Gasteiger partial charge is 0.285 e. The number of ketones is 2. The third-order valence-electron chi connectivity index (χ3n) is 3.41. The van der Waals surface area contributed by atoms with E-state index in [1.807, 2.05) is 26.2 Å². The minimum atomic E-state index is -0.483. The lowest BCUT2D eigenvalue weighted by Gasteiger charge is -2.19. The van der Waals surface area contributed by atoms with E-state index in [0.29, 0.717) is 16.6 Å². The molecule has 2 aromatic rings. The van der Waals surface area contributed by atoms with Crippen LogP contribution in [0.3, 0.4) is 0 Å². The highest BCUT2D eigenvalue weighted by atomic mass is 16.2. The first-order valence-corrected chi connectivity index (χ1v) is 6.04. The Morgan fingerprint density at radius 1 is 0.842 bits per heavy atom. The Bertz CT molecular complexity index is 720. The molecule has 0 saturated carbocycles. The minimum absolute atomic E-state index is 0.394. The van der Waals surface area contributed by atoms with Gasteiger partial charge in [0, 0.05) is 11.1 Å². The van der Waals surface area contributed by atoms with E-state index in [4.69, 9.17) is 7.85 Å². The van der Waals surface area contributed by atoms with E-state index in [-0.39, 0.29) is 0 Å². The van der Waals surface area contributed by atoms with Crippen LogP contribution in [0.1, 0.15) is 20.7 Å². The molecule has 2 nitrogen and oxygen atoms in total. The summed E-state index contributed by atoms with van der Waals surface area (Å²) in [5.74, 6) is -0.945. The summed E-state index contributed by atoms with van der Waals surface area (Å²) in [5, 5.41) is 0. The van der Waals surface area contributed by atoms with E-state index in [9.17, 15) is 9.59 Å². The molecule has 0 unspecified atom stereocenters. The van der Waals surface area contributed by atoms with Crippen LogP contribution in [-0.2, 0) is 0 Å². The quantitative estimate of drug-likeness (QED) is 0.550. The molecule has 0 saturated heterocycles. The number of carbonyl (C=O) groups is 2. The van der Waals surface area contributed by atoms with Gasteiger partial charge in [-0.25, -0.2) is 0 Å². The number of hydrogen-bond acceptors (Lipinski definition) is 2. The molecular weight excluding hydrogens is 234 g/mol. The van der Waals surface area contributed by atoms with Crippen LogP contribution >= 0.6 is 0 Å². The van der Waals surface area contributed by atoms with Gasteiger partial charge in [0.1, 0.15) is 15.1 Å². The van der Waals surface area contributed by atoms with Crippen molar-refractivity contribution in [1.29, 1.82) is 0 Å². The van der Waals surface area contributed by atoms with Crippen LogP contribution in [0.4, 0.5) is 0 Å². The molecule has 0 spiro atoms. The molecule has 0 amide bonds. The highest BCUT2D eigenvalue weighted by molar-refractivity contribution is 6.55. The SMILES string of the molecule is [B]c1ccc2c(c1)C(=O)C(=O)c1cc([B]C)ccc1-2. The zero-order valence-corrected chi connectivity index (χ0v) is 10.4. The van der Waals surface area contributed by atoms with Crippen LogP contribution in [0.25, 0.3) is 11.1 Å². The Hall–Kier alpha value is -2.09. The predicted molar refractivity (Wildman–Crippen MR) is 77.2 cm³/mol. The molecule has 87 valence electrons. The summed E-state index contributed by atoms with van der Waals surface area (Å²) in [6.07, 6.45) is 0. The molecule has 1 aliphatic rings. The number of benzene rings is 2. The van der Waals surface area contributed by atoms with Gasteiger partial charge in [0.15, 0.2) is 0 Å². The Balaban J connectivity index is 2.32. The molecule has 0 fully saturated rings. The van der Waals surface area contributed by atoms with Gasteiger partial charge in [-0.1, -0.05) is 54.1 Å². The molecular formula is C15H9B2O2. The van der Waals surface area contributed by atoms with Crippen molar-refractivity contribution >= 4 is 37.6 Å². The summed E-state index contributed by atoms with van der Waals surface area (Å²) in [6.45, 7) is 1.89. The fourth-order valence-electron chi connectivity index (χ4n) is 2.39. The van der Waals surface area contributed by atoms with Gasteiger partial charge in [-0.15, -0.1) is 0 Å². The van der Waals surface area contributed by atoms with Crippen LogP contribution < -0.4 is 10.9 Å². The lowest BCUT2D eigenvalue weighted by Crippen LogP contribution is -2.25. The Labute approximate surface area is 113 Å². The van der Waals surface area contributed by atoms with E-state index in [2.05, 4.69) is 0 Å². The maximum Gasteiger partial charge on any atom is 0.234 e. The van der Waals surface area contributed by atoms with E-state index in [0.717, 1.165) is 16.6 Å². The molecule has 1 aliphatic carbocycles. The molecule has 3 rings (SSSR count). The van der Waals surface area contributed by atoms with Gasteiger partial charge >= 0.3 is 0 Å². The van der Waals surface area contributed by atoms with Gasteiger partial charge < -0.3 is 0 Å². The zero-order valence-electron chi connectivity index (χ0n) is 10.4. The van der Waals surface area contributed by atoms with Crippen LogP contribution in [0.5, 0.6) is 0 Å². The maximum atomic E-state index is 12.2. The second-order valence-electron chi connectivity index (χ2n) is 4.56. The fraction of sp³-hybridized carbons (Fsp3) is 0.0667. The standard InChI is InChI=1S/C15H9B2O2/c1-17-9-3-5-11-10-4-2-8(16)6-12(10)14(18)15(19)13(11)7-9/h2-7H,1H3. The van der Waals surface area contributed by atoms with Crippen molar-refractivity contribution in [2.45, 2.75) is 6.82 Å². The number of carbonyl (C=O) groups excluding carboxylic acids is 2. The van der Waals surface area contributed by atoms with E-state index in [1.54, 1.807) is 24.3 Å². The predicted octanol–water partition coefficient (Wildman–Crippen LogP) is 0.904. The Morgan fingerprint density at radius 3 is 2.05 bits per heavy atom.